The van der Waals surface area contributed by atoms with Gasteiger partial charge in [-0.25, -0.2) is 0 Å². The molecule has 0 amide bonds. The third kappa shape index (κ3) is 3.31. The van der Waals surface area contributed by atoms with E-state index >= 15 is 0 Å². The van der Waals surface area contributed by atoms with Crippen molar-refractivity contribution in [2.75, 3.05) is 6.61 Å². The summed E-state index contributed by atoms with van der Waals surface area (Å²) in [7, 11) is 2.12. The fraction of sp³-hybridized carbons (Fsp3) is 0.556. The molecule has 0 bridgehead atoms. The van der Waals surface area contributed by atoms with Crippen molar-refractivity contribution in [1.29, 1.82) is 0 Å². The first kappa shape index (κ1) is 8.44. The number of ether oxygens (including phenoxy) is 1. The fourth-order valence-electron chi connectivity index (χ4n) is 0.991. The summed E-state index contributed by atoms with van der Waals surface area (Å²) in [5.74, 6) is 1.04. The van der Waals surface area contributed by atoms with Crippen molar-refractivity contribution in [3.05, 3.63) is 24.0 Å². The third-order valence-electron chi connectivity index (χ3n) is 1.64. The van der Waals surface area contributed by atoms with Crippen molar-refractivity contribution >= 4 is 7.28 Å². The zero-order valence-corrected chi connectivity index (χ0v) is 7.05. The van der Waals surface area contributed by atoms with Gasteiger partial charge < -0.3 is 4.74 Å². The summed E-state index contributed by atoms with van der Waals surface area (Å²) < 4.78 is 5.47. The molecule has 1 aliphatic carbocycles. The van der Waals surface area contributed by atoms with Gasteiger partial charge in [-0.15, -0.1) is 0 Å². The lowest BCUT2D eigenvalue weighted by molar-refractivity contribution is 0.240. The van der Waals surface area contributed by atoms with Crippen LogP contribution in [-0.2, 0) is 4.74 Å². The van der Waals surface area contributed by atoms with Crippen LogP contribution < -0.4 is 0 Å². The van der Waals surface area contributed by atoms with E-state index in [2.05, 4.69) is 32.3 Å². The molecule has 0 heterocycles. The highest BCUT2D eigenvalue weighted by Gasteiger charge is 1.96. The molecule has 0 N–H and O–H groups in total. The highest BCUT2D eigenvalue weighted by Crippen LogP contribution is 2.10. The van der Waals surface area contributed by atoms with Gasteiger partial charge in [-0.1, -0.05) is 12.9 Å². The van der Waals surface area contributed by atoms with Crippen molar-refractivity contribution in [2.24, 2.45) is 0 Å². The Labute approximate surface area is 69.4 Å². The van der Waals surface area contributed by atoms with Crippen LogP contribution >= 0.6 is 0 Å². The fourth-order valence-corrected chi connectivity index (χ4v) is 0.991. The van der Waals surface area contributed by atoms with E-state index < -0.39 is 0 Å². The van der Waals surface area contributed by atoms with Crippen LogP contribution in [0.2, 0.25) is 13.1 Å². The SMILES string of the molecule is C[B]CCOC1=CCCC=C1. The summed E-state index contributed by atoms with van der Waals surface area (Å²) >= 11 is 0. The first-order valence-electron chi connectivity index (χ1n) is 4.21. The van der Waals surface area contributed by atoms with Crippen molar-refractivity contribution in [3.63, 3.8) is 0 Å². The largest absolute Gasteiger partial charge is 0.495 e. The van der Waals surface area contributed by atoms with E-state index in [1.54, 1.807) is 0 Å². The number of rotatable bonds is 4. The summed E-state index contributed by atoms with van der Waals surface area (Å²) in [6.07, 6.45) is 9.68. The van der Waals surface area contributed by atoms with Crippen LogP contribution in [0.5, 0.6) is 0 Å². The molecule has 0 atom stereocenters. The van der Waals surface area contributed by atoms with Gasteiger partial charge in [0, 0.05) is 0 Å². The Morgan fingerprint density at radius 3 is 3.09 bits per heavy atom. The van der Waals surface area contributed by atoms with Gasteiger partial charge in [0.15, 0.2) is 0 Å². The molecule has 0 saturated heterocycles. The summed E-state index contributed by atoms with van der Waals surface area (Å²) in [4.78, 5) is 0. The first-order valence-corrected chi connectivity index (χ1v) is 4.21. The minimum Gasteiger partial charge on any atom is -0.495 e. The van der Waals surface area contributed by atoms with E-state index in [0.29, 0.717) is 0 Å². The molecule has 0 aromatic heterocycles. The van der Waals surface area contributed by atoms with E-state index in [1.165, 1.54) is 0 Å². The van der Waals surface area contributed by atoms with Crippen LogP contribution in [-0.4, -0.2) is 13.9 Å². The Morgan fingerprint density at radius 2 is 2.45 bits per heavy atom. The van der Waals surface area contributed by atoms with Gasteiger partial charge in [0.05, 0.1) is 6.61 Å². The molecule has 1 radical (unpaired) electrons. The van der Waals surface area contributed by atoms with E-state index in [4.69, 9.17) is 4.74 Å². The Bertz CT molecular complexity index is 161. The molecule has 0 fully saturated rings. The highest BCUT2D eigenvalue weighted by molar-refractivity contribution is 6.33. The molecule has 0 unspecified atom stereocenters. The Kier molecular flexibility index (Phi) is 3.88. The molecule has 2 heteroatoms. The summed E-state index contributed by atoms with van der Waals surface area (Å²) in [6.45, 7) is 2.86. The average Bonchev–Trinajstić information content (AvgIpc) is 2.07. The molecule has 1 rings (SSSR count). The first-order chi connectivity index (χ1) is 5.43. The van der Waals surface area contributed by atoms with E-state index in [1.807, 2.05) is 0 Å². The van der Waals surface area contributed by atoms with Crippen molar-refractivity contribution in [1.82, 2.24) is 0 Å². The van der Waals surface area contributed by atoms with Gasteiger partial charge >= 0.3 is 0 Å². The second kappa shape index (κ2) is 5.06. The molecular weight excluding hydrogens is 135 g/mol. The van der Waals surface area contributed by atoms with Crippen molar-refractivity contribution in [3.8, 4) is 0 Å². The highest BCUT2D eigenvalue weighted by atomic mass is 16.5. The normalized spacial score (nSPS) is 15.9. The average molecular weight is 149 g/mol. The molecule has 0 saturated carbocycles. The van der Waals surface area contributed by atoms with Gasteiger partial charge in [-0.05, 0) is 31.3 Å². The Hall–Kier alpha value is -0.655. The van der Waals surface area contributed by atoms with E-state index in [0.717, 1.165) is 31.5 Å². The second-order valence-corrected chi connectivity index (χ2v) is 2.63. The third-order valence-corrected chi connectivity index (χ3v) is 1.64. The topological polar surface area (TPSA) is 9.23 Å². The smallest absolute Gasteiger partial charge is 0.114 e. The molecular formula is C9H14BO. The summed E-state index contributed by atoms with van der Waals surface area (Å²) in [5, 5.41) is 0. The molecule has 59 valence electrons. The lowest BCUT2D eigenvalue weighted by Crippen LogP contribution is -1.96. The molecule has 1 nitrogen and oxygen atoms in total. The monoisotopic (exact) mass is 149 g/mol. The van der Waals surface area contributed by atoms with Crippen LogP contribution in [0.4, 0.5) is 0 Å². The quantitative estimate of drug-likeness (QED) is 0.440. The van der Waals surface area contributed by atoms with E-state index in [9.17, 15) is 0 Å². The van der Waals surface area contributed by atoms with Crippen LogP contribution in [0.1, 0.15) is 12.8 Å². The lowest BCUT2D eigenvalue weighted by atomic mass is 9.79. The van der Waals surface area contributed by atoms with Gasteiger partial charge in [-0.2, -0.15) is 0 Å². The maximum atomic E-state index is 5.47. The molecule has 1 aliphatic rings. The second-order valence-electron chi connectivity index (χ2n) is 2.63. The minimum atomic E-state index is 0.812. The van der Waals surface area contributed by atoms with Crippen LogP contribution in [0.3, 0.4) is 0 Å². The molecule has 0 aromatic carbocycles. The van der Waals surface area contributed by atoms with Gasteiger partial charge in [-0.3, -0.25) is 0 Å². The maximum absolute atomic E-state index is 5.47. The van der Waals surface area contributed by atoms with Gasteiger partial charge in [0.1, 0.15) is 13.0 Å². The molecule has 11 heavy (non-hydrogen) atoms. The summed E-state index contributed by atoms with van der Waals surface area (Å²) in [5.41, 5.74) is 0. The molecule has 0 aliphatic heterocycles. The molecule has 0 aromatic rings. The van der Waals surface area contributed by atoms with E-state index in [-0.39, 0.29) is 0 Å². The van der Waals surface area contributed by atoms with Crippen LogP contribution in [0.25, 0.3) is 0 Å². The Balaban J connectivity index is 2.15. The predicted octanol–water partition coefficient (Wildman–Crippen LogP) is 2.41. The summed E-state index contributed by atoms with van der Waals surface area (Å²) in [6, 6.07) is 0. The minimum absolute atomic E-state index is 0.812. The van der Waals surface area contributed by atoms with Crippen LogP contribution in [0, 0.1) is 0 Å². The standard InChI is InChI=1S/C9H14BO/c1-10-7-8-11-9-5-3-2-4-6-9/h3,5-6H,2,4,7-8H2,1H3. The zero-order valence-electron chi connectivity index (χ0n) is 7.05. The molecule has 0 spiro atoms. The predicted molar refractivity (Wildman–Crippen MR) is 48.8 cm³/mol. The van der Waals surface area contributed by atoms with Crippen molar-refractivity contribution in [2.45, 2.75) is 26.0 Å². The van der Waals surface area contributed by atoms with Gasteiger partial charge in [0.25, 0.3) is 0 Å². The zero-order chi connectivity index (χ0) is 7.94. The lowest BCUT2D eigenvalue weighted by Gasteiger charge is -2.08. The number of hydrogen-bond acceptors (Lipinski definition) is 1. The van der Waals surface area contributed by atoms with Crippen molar-refractivity contribution < 1.29 is 4.74 Å². The Morgan fingerprint density at radius 1 is 1.55 bits per heavy atom. The maximum Gasteiger partial charge on any atom is 0.114 e. The van der Waals surface area contributed by atoms with Gasteiger partial charge in [0.2, 0.25) is 0 Å². The number of allylic oxidation sites excluding steroid dienone is 3. The van der Waals surface area contributed by atoms with Crippen LogP contribution in [0.15, 0.2) is 24.0 Å². The number of hydrogen-bond donors (Lipinski definition) is 0.